The molecule has 1 amide bonds. The van der Waals surface area contributed by atoms with E-state index in [2.05, 4.69) is 0 Å². The van der Waals surface area contributed by atoms with E-state index in [1.807, 2.05) is 26.0 Å². The molecule has 1 unspecified atom stereocenters. The maximum absolute atomic E-state index is 13.0. The van der Waals surface area contributed by atoms with Gasteiger partial charge in [-0.1, -0.05) is 55.0 Å². The van der Waals surface area contributed by atoms with Gasteiger partial charge >= 0.3 is 0 Å². The minimum atomic E-state index is -0.121. The molecule has 1 fully saturated rings. The van der Waals surface area contributed by atoms with E-state index in [1.165, 1.54) is 0 Å². The van der Waals surface area contributed by atoms with Crippen molar-refractivity contribution in [1.29, 1.82) is 0 Å². The summed E-state index contributed by atoms with van der Waals surface area (Å²) in [5.74, 6) is -0.220. The molecular weight excluding hydrogens is 314 g/mol. The lowest BCUT2D eigenvalue weighted by Gasteiger charge is -2.32. The zero-order valence-electron chi connectivity index (χ0n) is 14.7. The van der Waals surface area contributed by atoms with Crippen molar-refractivity contribution >= 4 is 11.7 Å². The van der Waals surface area contributed by atoms with Crippen LogP contribution >= 0.6 is 0 Å². The molecule has 0 spiro atoms. The van der Waals surface area contributed by atoms with Crippen molar-refractivity contribution < 1.29 is 14.3 Å². The first-order valence-corrected chi connectivity index (χ1v) is 8.71. The minimum Gasteiger partial charge on any atom is -0.375 e. The molecule has 1 atom stereocenters. The van der Waals surface area contributed by atoms with Gasteiger partial charge in [-0.15, -0.1) is 0 Å². The van der Waals surface area contributed by atoms with Gasteiger partial charge in [-0.25, -0.2) is 0 Å². The predicted molar refractivity (Wildman–Crippen MR) is 97.0 cm³/mol. The Labute approximate surface area is 148 Å². The second-order valence-corrected chi connectivity index (χ2v) is 6.39. The summed E-state index contributed by atoms with van der Waals surface area (Å²) in [4.78, 5) is 27.7. The first-order valence-electron chi connectivity index (χ1n) is 8.71. The van der Waals surface area contributed by atoms with Gasteiger partial charge in [0.1, 0.15) is 0 Å². The SMILES string of the molecule is CCC1CN(C(=O)c2ccccc2C(=O)c2ccc(C)cc2)CCO1. The van der Waals surface area contributed by atoms with Gasteiger partial charge in [0.2, 0.25) is 0 Å². The topological polar surface area (TPSA) is 46.6 Å². The number of rotatable bonds is 4. The predicted octanol–water partition coefficient (Wildman–Crippen LogP) is 3.48. The molecule has 1 heterocycles. The van der Waals surface area contributed by atoms with Crippen LogP contribution in [0.2, 0.25) is 0 Å². The van der Waals surface area contributed by atoms with Crippen LogP contribution in [-0.2, 0) is 4.74 Å². The zero-order chi connectivity index (χ0) is 17.8. The van der Waals surface area contributed by atoms with Gasteiger partial charge in [0, 0.05) is 24.2 Å². The average Bonchev–Trinajstić information content (AvgIpc) is 2.67. The van der Waals surface area contributed by atoms with Crippen LogP contribution in [0.4, 0.5) is 0 Å². The summed E-state index contributed by atoms with van der Waals surface area (Å²) >= 11 is 0. The third kappa shape index (κ3) is 3.80. The van der Waals surface area contributed by atoms with Crippen LogP contribution in [-0.4, -0.2) is 42.4 Å². The zero-order valence-corrected chi connectivity index (χ0v) is 14.7. The fourth-order valence-electron chi connectivity index (χ4n) is 3.05. The van der Waals surface area contributed by atoms with Gasteiger partial charge in [-0.3, -0.25) is 9.59 Å². The Morgan fingerprint density at radius 2 is 1.76 bits per heavy atom. The molecule has 3 rings (SSSR count). The van der Waals surface area contributed by atoms with E-state index in [0.29, 0.717) is 36.4 Å². The summed E-state index contributed by atoms with van der Waals surface area (Å²) in [6.45, 7) is 5.70. The molecule has 4 heteroatoms. The molecule has 0 saturated carbocycles. The molecule has 1 saturated heterocycles. The summed E-state index contributed by atoms with van der Waals surface area (Å²) in [6, 6.07) is 14.5. The van der Waals surface area contributed by atoms with Crippen LogP contribution in [0.3, 0.4) is 0 Å². The molecular formula is C21H23NO3. The van der Waals surface area contributed by atoms with Crippen molar-refractivity contribution in [3.63, 3.8) is 0 Å². The quantitative estimate of drug-likeness (QED) is 0.803. The number of carbonyl (C=O) groups excluding carboxylic acids is 2. The van der Waals surface area contributed by atoms with Crippen molar-refractivity contribution in [2.75, 3.05) is 19.7 Å². The summed E-state index contributed by atoms with van der Waals surface area (Å²) in [5, 5.41) is 0. The first kappa shape index (κ1) is 17.4. The number of ether oxygens (including phenoxy) is 1. The lowest BCUT2D eigenvalue weighted by atomic mass is 9.97. The minimum absolute atomic E-state index is 0.0673. The molecule has 0 aromatic heterocycles. The highest BCUT2D eigenvalue weighted by Crippen LogP contribution is 2.19. The van der Waals surface area contributed by atoms with Gasteiger partial charge < -0.3 is 9.64 Å². The second kappa shape index (κ2) is 7.62. The van der Waals surface area contributed by atoms with E-state index in [1.54, 1.807) is 41.3 Å². The number of morpholine rings is 1. The molecule has 0 N–H and O–H groups in total. The van der Waals surface area contributed by atoms with E-state index in [0.717, 1.165) is 12.0 Å². The number of carbonyl (C=O) groups is 2. The largest absolute Gasteiger partial charge is 0.375 e. The van der Waals surface area contributed by atoms with Crippen molar-refractivity contribution in [3.05, 3.63) is 70.8 Å². The van der Waals surface area contributed by atoms with Gasteiger partial charge in [-0.05, 0) is 19.4 Å². The highest BCUT2D eigenvalue weighted by atomic mass is 16.5. The highest BCUT2D eigenvalue weighted by Gasteiger charge is 2.27. The molecule has 130 valence electrons. The number of hydrogen-bond acceptors (Lipinski definition) is 3. The number of nitrogens with zero attached hydrogens (tertiary/aromatic N) is 1. The summed E-state index contributed by atoms with van der Waals surface area (Å²) in [5.41, 5.74) is 2.61. The van der Waals surface area contributed by atoms with Crippen LogP contribution in [0, 0.1) is 6.92 Å². The van der Waals surface area contributed by atoms with Crippen molar-refractivity contribution in [2.24, 2.45) is 0 Å². The standard InChI is InChI=1S/C21H23NO3/c1-3-17-14-22(12-13-25-17)21(24)19-7-5-4-6-18(19)20(23)16-10-8-15(2)9-11-16/h4-11,17H,3,12-14H2,1-2H3. The fourth-order valence-corrected chi connectivity index (χ4v) is 3.05. The highest BCUT2D eigenvalue weighted by molar-refractivity contribution is 6.15. The Morgan fingerprint density at radius 3 is 2.44 bits per heavy atom. The van der Waals surface area contributed by atoms with Crippen LogP contribution in [0.25, 0.3) is 0 Å². The molecule has 0 radical (unpaired) electrons. The number of ketones is 1. The summed E-state index contributed by atoms with van der Waals surface area (Å²) in [6.07, 6.45) is 0.936. The van der Waals surface area contributed by atoms with Crippen LogP contribution in [0.15, 0.2) is 48.5 Å². The molecule has 0 aliphatic carbocycles. The molecule has 4 nitrogen and oxygen atoms in total. The normalized spacial score (nSPS) is 17.4. The monoisotopic (exact) mass is 337 g/mol. The van der Waals surface area contributed by atoms with E-state index in [9.17, 15) is 9.59 Å². The van der Waals surface area contributed by atoms with Crippen molar-refractivity contribution in [3.8, 4) is 0 Å². The van der Waals surface area contributed by atoms with Gasteiger partial charge in [0.05, 0.1) is 18.3 Å². The molecule has 1 aliphatic heterocycles. The molecule has 1 aliphatic rings. The number of benzene rings is 2. The number of aryl methyl sites for hydroxylation is 1. The van der Waals surface area contributed by atoms with Crippen molar-refractivity contribution in [1.82, 2.24) is 4.90 Å². The smallest absolute Gasteiger partial charge is 0.254 e. The summed E-state index contributed by atoms with van der Waals surface area (Å²) in [7, 11) is 0. The van der Waals surface area contributed by atoms with Crippen LogP contribution < -0.4 is 0 Å². The fraction of sp³-hybridized carbons (Fsp3) is 0.333. The van der Waals surface area contributed by atoms with Gasteiger partial charge in [0.25, 0.3) is 5.91 Å². The summed E-state index contributed by atoms with van der Waals surface area (Å²) < 4.78 is 5.64. The van der Waals surface area contributed by atoms with Gasteiger partial charge in [-0.2, -0.15) is 0 Å². The Balaban J connectivity index is 1.89. The Hall–Kier alpha value is -2.46. The molecule has 2 aromatic carbocycles. The number of amides is 1. The third-order valence-electron chi connectivity index (χ3n) is 4.60. The van der Waals surface area contributed by atoms with Crippen LogP contribution in [0.5, 0.6) is 0 Å². The second-order valence-electron chi connectivity index (χ2n) is 6.39. The van der Waals surface area contributed by atoms with E-state index < -0.39 is 0 Å². The molecule has 25 heavy (non-hydrogen) atoms. The Bertz CT molecular complexity index is 767. The Morgan fingerprint density at radius 1 is 1.08 bits per heavy atom. The Kier molecular flexibility index (Phi) is 5.29. The van der Waals surface area contributed by atoms with E-state index >= 15 is 0 Å². The molecule has 0 bridgehead atoms. The average molecular weight is 337 g/mol. The van der Waals surface area contributed by atoms with E-state index in [-0.39, 0.29) is 17.8 Å². The maximum Gasteiger partial charge on any atom is 0.254 e. The van der Waals surface area contributed by atoms with Crippen LogP contribution in [0.1, 0.15) is 45.2 Å². The maximum atomic E-state index is 13.0. The lowest BCUT2D eigenvalue weighted by Crippen LogP contribution is -2.45. The van der Waals surface area contributed by atoms with E-state index in [4.69, 9.17) is 4.74 Å². The first-order chi connectivity index (χ1) is 12.1. The van der Waals surface area contributed by atoms with Gasteiger partial charge in [0.15, 0.2) is 5.78 Å². The number of hydrogen-bond donors (Lipinski definition) is 0. The third-order valence-corrected chi connectivity index (χ3v) is 4.60. The lowest BCUT2D eigenvalue weighted by molar-refractivity contribution is -0.0226. The van der Waals surface area contributed by atoms with Crippen molar-refractivity contribution in [2.45, 2.75) is 26.4 Å². The molecule has 2 aromatic rings.